The number of hydrogen-bond acceptors (Lipinski definition) is 4. The Hall–Kier alpha value is -1.40. The quantitative estimate of drug-likeness (QED) is 0.348. The average Bonchev–Trinajstić information content (AvgIpc) is 2.62. The Morgan fingerprint density at radius 3 is 2.62 bits per heavy atom. The SMILES string of the molecule is CCNC(=NCc1ccc(C)cc1OCCOCC)NCC(C)(C)SC. The maximum atomic E-state index is 5.91. The van der Waals surface area contributed by atoms with Gasteiger partial charge in [-0.1, -0.05) is 12.1 Å². The molecule has 0 aliphatic carbocycles. The summed E-state index contributed by atoms with van der Waals surface area (Å²) in [5.41, 5.74) is 2.25. The van der Waals surface area contributed by atoms with Gasteiger partial charge in [0.15, 0.2) is 5.96 Å². The first-order chi connectivity index (χ1) is 12.4. The van der Waals surface area contributed by atoms with E-state index in [4.69, 9.17) is 14.5 Å². The van der Waals surface area contributed by atoms with E-state index < -0.39 is 0 Å². The standard InChI is InChI=1S/C20H35N3O2S/c1-7-21-19(23-15-20(4,5)26-6)22-14-17-10-9-16(3)13-18(17)25-12-11-24-8-2/h9-10,13H,7-8,11-12,14-15H2,1-6H3,(H2,21,22,23). The number of thioether (sulfide) groups is 1. The molecular weight excluding hydrogens is 346 g/mol. The van der Waals surface area contributed by atoms with Gasteiger partial charge in [-0.3, -0.25) is 0 Å². The third-order valence-electron chi connectivity index (χ3n) is 3.90. The Morgan fingerprint density at radius 2 is 1.96 bits per heavy atom. The zero-order chi connectivity index (χ0) is 19.4. The second kappa shape index (κ2) is 12.1. The summed E-state index contributed by atoms with van der Waals surface area (Å²) in [4.78, 5) is 4.73. The van der Waals surface area contributed by atoms with Crippen molar-refractivity contribution in [1.29, 1.82) is 0 Å². The second-order valence-corrected chi connectivity index (χ2v) is 8.18. The number of nitrogens with one attached hydrogen (secondary N) is 2. The van der Waals surface area contributed by atoms with E-state index in [2.05, 4.69) is 62.8 Å². The smallest absolute Gasteiger partial charge is 0.191 e. The van der Waals surface area contributed by atoms with Crippen molar-refractivity contribution in [2.45, 2.75) is 45.9 Å². The van der Waals surface area contributed by atoms with Crippen LogP contribution in [0.15, 0.2) is 23.2 Å². The van der Waals surface area contributed by atoms with Gasteiger partial charge in [-0.2, -0.15) is 11.8 Å². The lowest BCUT2D eigenvalue weighted by molar-refractivity contribution is 0.110. The van der Waals surface area contributed by atoms with Crippen LogP contribution in [0, 0.1) is 6.92 Å². The van der Waals surface area contributed by atoms with Gasteiger partial charge < -0.3 is 20.1 Å². The monoisotopic (exact) mass is 381 g/mol. The van der Waals surface area contributed by atoms with Crippen LogP contribution in [0.1, 0.15) is 38.8 Å². The van der Waals surface area contributed by atoms with E-state index >= 15 is 0 Å². The van der Waals surface area contributed by atoms with E-state index in [1.54, 1.807) is 0 Å². The molecule has 1 rings (SSSR count). The van der Waals surface area contributed by atoms with Crippen LogP contribution in [-0.2, 0) is 11.3 Å². The lowest BCUT2D eigenvalue weighted by atomic mass is 10.1. The molecule has 0 aliphatic heterocycles. The van der Waals surface area contributed by atoms with Gasteiger partial charge in [0, 0.05) is 30.0 Å². The minimum atomic E-state index is 0.160. The summed E-state index contributed by atoms with van der Waals surface area (Å²) in [6.07, 6.45) is 2.13. The molecule has 0 heterocycles. The molecule has 0 saturated heterocycles. The molecule has 5 nitrogen and oxygen atoms in total. The topological polar surface area (TPSA) is 54.9 Å². The summed E-state index contributed by atoms with van der Waals surface area (Å²) in [5.74, 6) is 1.71. The number of guanidine groups is 1. The summed E-state index contributed by atoms with van der Waals surface area (Å²) < 4.78 is 11.4. The molecule has 0 atom stereocenters. The molecule has 0 aliphatic rings. The minimum absolute atomic E-state index is 0.160. The first-order valence-electron chi connectivity index (χ1n) is 9.29. The lowest BCUT2D eigenvalue weighted by Crippen LogP contribution is -2.43. The van der Waals surface area contributed by atoms with Crippen molar-refractivity contribution >= 4 is 17.7 Å². The second-order valence-electron chi connectivity index (χ2n) is 6.67. The summed E-state index contributed by atoms with van der Waals surface area (Å²) >= 11 is 1.84. The van der Waals surface area contributed by atoms with Crippen LogP contribution in [0.4, 0.5) is 0 Å². The Kier molecular flexibility index (Phi) is 10.5. The molecule has 148 valence electrons. The molecule has 26 heavy (non-hydrogen) atoms. The van der Waals surface area contributed by atoms with Crippen LogP contribution in [0.3, 0.4) is 0 Å². The molecule has 1 aromatic carbocycles. The van der Waals surface area contributed by atoms with Gasteiger partial charge in [0.2, 0.25) is 0 Å². The normalized spacial score (nSPS) is 12.2. The molecule has 0 aromatic heterocycles. The molecule has 0 saturated carbocycles. The zero-order valence-corrected chi connectivity index (χ0v) is 18.0. The van der Waals surface area contributed by atoms with Crippen molar-refractivity contribution in [2.24, 2.45) is 4.99 Å². The molecule has 0 bridgehead atoms. The maximum Gasteiger partial charge on any atom is 0.191 e. The number of ether oxygens (including phenoxy) is 2. The van der Waals surface area contributed by atoms with E-state index in [9.17, 15) is 0 Å². The molecular formula is C20H35N3O2S. The summed E-state index contributed by atoms with van der Waals surface area (Å²) in [6, 6.07) is 6.25. The van der Waals surface area contributed by atoms with Crippen LogP contribution < -0.4 is 15.4 Å². The Balaban J connectivity index is 2.77. The van der Waals surface area contributed by atoms with Crippen molar-refractivity contribution in [1.82, 2.24) is 10.6 Å². The van der Waals surface area contributed by atoms with E-state index in [0.717, 1.165) is 30.4 Å². The van der Waals surface area contributed by atoms with Gasteiger partial charge in [-0.15, -0.1) is 0 Å². The van der Waals surface area contributed by atoms with Gasteiger partial charge in [-0.25, -0.2) is 4.99 Å². The highest BCUT2D eigenvalue weighted by molar-refractivity contribution is 7.99. The van der Waals surface area contributed by atoms with Crippen LogP contribution in [0.25, 0.3) is 0 Å². The molecule has 0 fully saturated rings. The summed E-state index contributed by atoms with van der Waals surface area (Å²) in [5, 5.41) is 6.74. The van der Waals surface area contributed by atoms with Crippen LogP contribution in [0.2, 0.25) is 0 Å². The third kappa shape index (κ3) is 8.81. The van der Waals surface area contributed by atoms with Crippen LogP contribution >= 0.6 is 11.8 Å². The predicted molar refractivity (Wildman–Crippen MR) is 114 cm³/mol. The highest BCUT2D eigenvalue weighted by Crippen LogP contribution is 2.22. The number of hydrogen-bond donors (Lipinski definition) is 2. The minimum Gasteiger partial charge on any atom is -0.491 e. The Bertz CT molecular complexity index is 562. The largest absolute Gasteiger partial charge is 0.491 e. The van der Waals surface area contributed by atoms with E-state index in [1.165, 1.54) is 5.56 Å². The first-order valence-corrected chi connectivity index (χ1v) is 10.5. The highest BCUT2D eigenvalue weighted by atomic mass is 32.2. The first kappa shape index (κ1) is 22.6. The summed E-state index contributed by atoms with van der Waals surface area (Å²) in [6.45, 7) is 14.7. The average molecular weight is 382 g/mol. The molecule has 2 N–H and O–H groups in total. The van der Waals surface area contributed by atoms with Crippen molar-refractivity contribution < 1.29 is 9.47 Å². The van der Waals surface area contributed by atoms with Crippen molar-refractivity contribution in [3.05, 3.63) is 29.3 Å². The Labute approximate surface area is 163 Å². The fourth-order valence-corrected chi connectivity index (χ4v) is 2.37. The number of aryl methyl sites for hydroxylation is 1. The van der Waals surface area contributed by atoms with Crippen molar-refractivity contribution in [2.75, 3.05) is 39.2 Å². The van der Waals surface area contributed by atoms with Gasteiger partial charge >= 0.3 is 0 Å². The molecule has 0 amide bonds. The number of benzene rings is 1. The van der Waals surface area contributed by atoms with Crippen LogP contribution in [-0.4, -0.2) is 49.9 Å². The van der Waals surface area contributed by atoms with Gasteiger partial charge in [0.25, 0.3) is 0 Å². The summed E-state index contributed by atoms with van der Waals surface area (Å²) in [7, 11) is 0. The van der Waals surface area contributed by atoms with Crippen molar-refractivity contribution in [3.8, 4) is 5.75 Å². The Morgan fingerprint density at radius 1 is 1.19 bits per heavy atom. The van der Waals surface area contributed by atoms with E-state index in [0.29, 0.717) is 26.4 Å². The third-order valence-corrected chi connectivity index (χ3v) is 5.15. The van der Waals surface area contributed by atoms with E-state index in [-0.39, 0.29) is 4.75 Å². The van der Waals surface area contributed by atoms with Gasteiger partial charge in [0.1, 0.15) is 12.4 Å². The van der Waals surface area contributed by atoms with Gasteiger partial charge in [-0.05, 0) is 52.5 Å². The fourth-order valence-electron chi connectivity index (χ4n) is 2.16. The van der Waals surface area contributed by atoms with E-state index in [1.807, 2.05) is 18.7 Å². The highest BCUT2D eigenvalue weighted by Gasteiger charge is 2.16. The fraction of sp³-hybridized carbons (Fsp3) is 0.650. The zero-order valence-electron chi connectivity index (χ0n) is 17.1. The molecule has 0 unspecified atom stereocenters. The van der Waals surface area contributed by atoms with Crippen LogP contribution in [0.5, 0.6) is 5.75 Å². The molecule has 6 heteroatoms. The molecule has 0 spiro atoms. The van der Waals surface area contributed by atoms with Gasteiger partial charge in [0.05, 0.1) is 13.2 Å². The number of aliphatic imine (C=N–C) groups is 1. The van der Waals surface area contributed by atoms with Crippen molar-refractivity contribution in [3.63, 3.8) is 0 Å². The number of nitrogens with zero attached hydrogens (tertiary/aromatic N) is 1. The molecule has 0 radical (unpaired) electrons. The predicted octanol–water partition coefficient (Wildman–Crippen LogP) is 3.61. The maximum absolute atomic E-state index is 5.91. The molecule has 1 aromatic rings. The number of rotatable bonds is 11. The lowest BCUT2D eigenvalue weighted by Gasteiger charge is -2.23.